The summed E-state index contributed by atoms with van der Waals surface area (Å²) in [7, 11) is -4.54. The number of aryl methyl sites for hydroxylation is 1. The molecule has 0 radical (unpaired) electrons. The van der Waals surface area contributed by atoms with Gasteiger partial charge >= 0.3 is 13.3 Å². The van der Waals surface area contributed by atoms with Crippen LogP contribution in [0.4, 0.5) is 4.39 Å². The van der Waals surface area contributed by atoms with Crippen LogP contribution < -0.4 is 11.2 Å². The summed E-state index contributed by atoms with van der Waals surface area (Å²) >= 11 is 0. The average Bonchev–Trinajstić information content (AvgIpc) is 2.77. The predicted octanol–water partition coefficient (Wildman–Crippen LogP) is 0.167. The molecule has 0 aliphatic heterocycles. The first-order valence-corrected chi connectivity index (χ1v) is 8.24. The lowest BCUT2D eigenvalue weighted by molar-refractivity contribution is 0.0281. The van der Waals surface area contributed by atoms with Crippen LogP contribution in [0.15, 0.2) is 27.7 Å². The van der Waals surface area contributed by atoms with Gasteiger partial charge in [0, 0.05) is 18.2 Å². The molecule has 1 aromatic rings. The number of nitrogens with zero attached hydrogens (tertiary/aromatic N) is 1. The van der Waals surface area contributed by atoms with Crippen LogP contribution in [0.25, 0.3) is 0 Å². The zero-order valence-electron chi connectivity index (χ0n) is 12.0. The van der Waals surface area contributed by atoms with Crippen LogP contribution in [-0.4, -0.2) is 31.3 Å². The van der Waals surface area contributed by atoms with Gasteiger partial charge < -0.3 is 14.5 Å². The van der Waals surface area contributed by atoms with Crippen molar-refractivity contribution in [3.8, 4) is 12.3 Å². The number of ether oxygens (including phenoxy) is 1. The topological polar surface area (TPSA) is 122 Å². The zero-order chi connectivity index (χ0) is 17.4. The fourth-order valence-corrected chi connectivity index (χ4v) is 2.65. The Balaban J connectivity index is 2.36. The standard InChI is InChI=1S/C13H14FN2O6P/c1-3-13(22-7-23(19,20)21)5-9(4-10(13)14)16-6-8(2)11(17)15-12(16)18/h1,4,6,9H,5,7H2,2H3,(H,15,17,18)(H2,19,20,21)/t9?,13-/m0/s1. The molecule has 3 N–H and O–H groups in total. The number of aromatic amines is 1. The zero-order valence-corrected chi connectivity index (χ0v) is 12.9. The molecular formula is C13H14FN2O6P. The van der Waals surface area contributed by atoms with E-state index < -0.39 is 42.7 Å². The van der Waals surface area contributed by atoms with Gasteiger partial charge in [0.2, 0.25) is 0 Å². The van der Waals surface area contributed by atoms with Crippen molar-refractivity contribution >= 4 is 7.60 Å². The van der Waals surface area contributed by atoms with Gasteiger partial charge in [-0.05, 0) is 13.0 Å². The Morgan fingerprint density at radius 3 is 2.83 bits per heavy atom. The molecule has 23 heavy (non-hydrogen) atoms. The van der Waals surface area contributed by atoms with E-state index in [1.54, 1.807) is 0 Å². The molecular weight excluding hydrogens is 330 g/mol. The highest BCUT2D eigenvalue weighted by atomic mass is 31.2. The number of terminal acetylenes is 1. The predicted molar refractivity (Wildman–Crippen MR) is 78.5 cm³/mol. The Morgan fingerprint density at radius 2 is 2.26 bits per heavy atom. The van der Waals surface area contributed by atoms with Crippen LogP contribution in [0.3, 0.4) is 0 Å². The largest absolute Gasteiger partial charge is 0.351 e. The fourth-order valence-electron chi connectivity index (χ4n) is 2.26. The number of nitrogens with one attached hydrogen (secondary N) is 1. The average molecular weight is 344 g/mol. The fraction of sp³-hybridized carbons (Fsp3) is 0.385. The highest BCUT2D eigenvalue weighted by Crippen LogP contribution is 2.44. The first kappa shape index (κ1) is 17.4. The monoisotopic (exact) mass is 344 g/mol. The third-order valence-electron chi connectivity index (χ3n) is 3.44. The Bertz CT molecular complexity index is 860. The van der Waals surface area contributed by atoms with E-state index in [0.29, 0.717) is 0 Å². The van der Waals surface area contributed by atoms with Crippen molar-refractivity contribution in [2.24, 2.45) is 0 Å². The highest BCUT2D eigenvalue weighted by molar-refractivity contribution is 7.51. The third kappa shape index (κ3) is 3.51. The van der Waals surface area contributed by atoms with Crippen LogP contribution in [-0.2, 0) is 9.30 Å². The van der Waals surface area contributed by atoms with Crippen molar-refractivity contribution in [3.05, 3.63) is 44.5 Å². The summed E-state index contributed by atoms with van der Waals surface area (Å²) < 4.78 is 31.1. The number of rotatable bonds is 4. The molecule has 0 saturated carbocycles. The summed E-state index contributed by atoms with van der Waals surface area (Å²) in [5, 5.41) is 0. The molecule has 0 saturated heterocycles. The normalized spacial score (nSPS) is 24.3. The molecule has 1 unspecified atom stereocenters. The van der Waals surface area contributed by atoms with Crippen molar-refractivity contribution in [3.63, 3.8) is 0 Å². The number of hydrogen-bond donors (Lipinski definition) is 3. The molecule has 1 aliphatic rings. The second-order valence-electron chi connectivity index (χ2n) is 5.17. The molecule has 124 valence electrons. The van der Waals surface area contributed by atoms with Crippen LogP contribution in [0.2, 0.25) is 0 Å². The number of allylic oxidation sites excluding steroid dienone is 1. The molecule has 10 heteroatoms. The Kier molecular flexibility index (Phi) is 4.46. The summed E-state index contributed by atoms with van der Waals surface area (Å²) in [6.45, 7) is 1.47. The van der Waals surface area contributed by atoms with Gasteiger partial charge in [0.15, 0.2) is 11.9 Å². The van der Waals surface area contributed by atoms with Gasteiger partial charge in [-0.3, -0.25) is 18.9 Å². The van der Waals surface area contributed by atoms with Crippen LogP contribution in [0, 0.1) is 19.3 Å². The summed E-state index contributed by atoms with van der Waals surface area (Å²) in [6, 6.07) is -0.856. The molecule has 2 rings (SSSR count). The second-order valence-corrected chi connectivity index (χ2v) is 6.76. The van der Waals surface area contributed by atoms with E-state index in [4.69, 9.17) is 20.9 Å². The van der Waals surface area contributed by atoms with Gasteiger partial charge in [-0.1, -0.05) is 5.92 Å². The van der Waals surface area contributed by atoms with Crippen molar-refractivity contribution in [2.75, 3.05) is 6.35 Å². The SMILES string of the molecule is C#C[C@]1(OCP(=O)(O)O)CC(n2cc(C)c(=O)[nH]c2=O)C=C1F. The maximum atomic E-state index is 14.2. The van der Waals surface area contributed by atoms with E-state index >= 15 is 0 Å². The van der Waals surface area contributed by atoms with E-state index in [1.165, 1.54) is 13.1 Å². The van der Waals surface area contributed by atoms with Gasteiger partial charge in [0.25, 0.3) is 5.56 Å². The van der Waals surface area contributed by atoms with E-state index in [1.807, 2.05) is 5.92 Å². The van der Waals surface area contributed by atoms with Gasteiger partial charge in [0.1, 0.15) is 5.83 Å². The number of H-pyrrole nitrogens is 1. The minimum absolute atomic E-state index is 0.235. The molecule has 8 nitrogen and oxygen atoms in total. The number of aromatic nitrogens is 2. The molecule has 1 heterocycles. The molecule has 2 atom stereocenters. The quantitative estimate of drug-likeness (QED) is 0.529. The Labute approximate surface area is 129 Å². The smallest absolute Gasteiger partial charge is 0.343 e. The summed E-state index contributed by atoms with van der Waals surface area (Å²) in [6.07, 6.45) is 6.26. The molecule has 1 aliphatic carbocycles. The second kappa shape index (κ2) is 5.91. The van der Waals surface area contributed by atoms with E-state index in [2.05, 4.69) is 4.98 Å². The van der Waals surface area contributed by atoms with Crippen molar-refractivity contribution in [1.29, 1.82) is 0 Å². The first-order valence-electron chi connectivity index (χ1n) is 6.44. The third-order valence-corrected chi connectivity index (χ3v) is 3.90. The maximum absolute atomic E-state index is 14.2. The lowest BCUT2D eigenvalue weighted by atomic mass is 10.0. The highest BCUT2D eigenvalue weighted by Gasteiger charge is 2.44. The van der Waals surface area contributed by atoms with Gasteiger partial charge in [-0.15, -0.1) is 6.42 Å². The van der Waals surface area contributed by atoms with Crippen LogP contribution >= 0.6 is 7.60 Å². The summed E-state index contributed by atoms with van der Waals surface area (Å²) in [4.78, 5) is 43.0. The van der Waals surface area contributed by atoms with Crippen molar-refractivity contribution in [1.82, 2.24) is 9.55 Å². The number of hydrogen-bond acceptors (Lipinski definition) is 4. The molecule has 0 spiro atoms. The lowest BCUT2D eigenvalue weighted by Gasteiger charge is -2.24. The maximum Gasteiger partial charge on any atom is 0.351 e. The van der Waals surface area contributed by atoms with Gasteiger partial charge in [-0.2, -0.15) is 0 Å². The van der Waals surface area contributed by atoms with E-state index in [0.717, 1.165) is 10.6 Å². The van der Waals surface area contributed by atoms with Crippen molar-refractivity contribution in [2.45, 2.75) is 25.0 Å². The molecule has 0 aromatic carbocycles. The number of halogens is 1. The van der Waals surface area contributed by atoms with Gasteiger partial charge in [0.05, 0.1) is 6.04 Å². The molecule has 0 amide bonds. The lowest BCUT2D eigenvalue weighted by Crippen LogP contribution is -2.35. The Morgan fingerprint density at radius 1 is 1.61 bits per heavy atom. The minimum Gasteiger partial charge on any atom is -0.343 e. The molecule has 0 fully saturated rings. The Hall–Kier alpha value is -1.98. The van der Waals surface area contributed by atoms with Gasteiger partial charge in [-0.25, -0.2) is 9.18 Å². The summed E-state index contributed by atoms with van der Waals surface area (Å²) in [5.41, 5.74) is -3.03. The van der Waals surface area contributed by atoms with Crippen LogP contribution in [0.5, 0.6) is 0 Å². The van der Waals surface area contributed by atoms with E-state index in [-0.39, 0.29) is 12.0 Å². The first-order chi connectivity index (χ1) is 10.6. The van der Waals surface area contributed by atoms with Crippen molar-refractivity contribution < 1.29 is 23.5 Å². The minimum atomic E-state index is -4.54. The summed E-state index contributed by atoms with van der Waals surface area (Å²) in [5.74, 6) is 1.13. The van der Waals surface area contributed by atoms with Crippen LogP contribution in [0.1, 0.15) is 18.0 Å². The van der Waals surface area contributed by atoms with E-state index in [9.17, 15) is 18.5 Å². The molecule has 0 bridgehead atoms. The molecule has 1 aromatic heterocycles.